The Hall–Kier alpha value is -2.30. The van der Waals surface area contributed by atoms with Crippen molar-refractivity contribution in [2.24, 2.45) is 0 Å². The number of rotatable bonds is 4. The van der Waals surface area contributed by atoms with E-state index in [0.29, 0.717) is 26.9 Å². The van der Waals surface area contributed by atoms with Crippen molar-refractivity contribution in [2.75, 3.05) is 5.32 Å². The van der Waals surface area contributed by atoms with Gasteiger partial charge in [0.2, 0.25) is 0 Å². The van der Waals surface area contributed by atoms with Gasteiger partial charge in [-0.1, -0.05) is 41.4 Å². The summed E-state index contributed by atoms with van der Waals surface area (Å²) in [6.45, 7) is 0. The van der Waals surface area contributed by atoms with E-state index in [1.54, 1.807) is 24.3 Å². The third-order valence-electron chi connectivity index (χ3n) is 3.30. The molecule has 0 aliphatic heterocycles. The molecule has 0 bridgehead atoms. The minimum absolute atomic E-state index is 0.150. The van der Waals surface area contributed by atoms with Gasteiger partial charge < -0.3 is 10.4 Å². The van der Waals surface area contributed by atoms with Gasteiger partial charge in [-0.25, -0.2) is 0 Å². The van der Waals surface area contributed by atoms with Crippen molar-refractivity contribution in [3.63, 3.8) is 0 Å². The second-order valence-corrected chi connectivity index (χ2v) is 5.84. The molecule has 0 spiro atoms. The Morgan fingerprint density at radius 2 is 1.87 bits per heavy atom. The third-order valence-corrected chi connectivity index (χ3v) is 3.86. The maximum atomic E-state index is 11.0. The Balaban J connectivity index is 2.11. The highest BCUT2D eigenvalue weighted by atomic mass is 35.5. The summed E-state index contributed by atoms with van der Waals surface area (Å²) >= 11 is 12.2. The summed E-state index contributed by atoms with van der Waals surface area (Å²) in [6, 6.07) is 14.3. The maximum Gasteiger partial charge on any atom is 0.309 e. The van der Waals surface area contributed by atoms with Crippen molar-refractivity contribution >= 4 is 51.4 Å². The van der Waals surface area contributed by atoms with Gasteiger partial charge in [-0.3, -0.25) is 9.78 Å². The largest absolute Gasteiger partial charge is 0.481 e. The zero-order valence-electron chi connectivity index (χ0n) is 11.9. The molecule has 116 valence electrons. The van der Waals surface area contributed by atoms with Crippen LogP contribution in [0, 0.1) is 0 Å². The molecule has 0 atom stereocenters. The van der Waals surface area contributed by atoms with E-state index in [4.69, 9.17) is 28.3 Å². The Kier molecular flexibility index (Phi) is 4.37. The molecular weight excluding hydrogens is 335 g/mol. The van der Waals surface area contributed by atoms with Gasteiger partial charge in [0.25, 0.3) is 0 Å². The van der Waals surface area contributed by atoms with E-state index in [1.165, 1.54) is 0 Å². The van der Waals surface area contributed by atoms with Crippen LogP contribution in [0.3, 0.4) is 0 Å². The van der Waals surface area contributed by atoms with Crippen LogP contribution in [0.1, 0.15) is 5.69 Å². The van der Waals surface area contributed by atoms with Gasteiger partial charge in [-0.05, 0) is 30.3 Å². The monoisotopic (exact) mass is 346 g/mol. The number of aliphatic carboxylic acids is 1. The second-order valence-electron chi connectivity index (χ2n) is 5.00. The van der Waals surface area contributed by atoms with Crippen molar-refractivity contribution in [3.8, 4) is 0 Å². The topological polar surface area (TPSA) is 62.2 Å². The Labute approximate surface area is 142 Å². The lowest BCUT2D eigenvalue weighted by molar-refractivity contribution is -0.136. The molecule has 0 unspecified atom stereocenters. The van der Waals surface area contributed by atoms with Crippen LogP contribution < -0.4 is 5.32 Å². The number of para-hydroxylation sites is 1. The highest BCUT2D eigenvalue weighted by Gasteiger charge is 2.10. The number of benzene rings is 2. The first-order valence-electron chi connectivity index (χ1n) is 6.85. The SMILES string of the molecule is O=C(O)Cc1cc(Nc2cc(Cl)ccc2Cl)c2ccccc2n1. The number of nitrogens with zero attached hydrogens (tertiary/aromatic N) is 1. The van der Waals surface area contributed by atoms with Gasteiger partial charge in [0.15, 0.2) is 0 Å². The number of carboxylic acid groups (broad SMARTS) is 1. The molecule has 3 rings (SSSR count). The average molecular weight is 347 g/mol. The van der Waals surface area contributed by atoms with Crippen LogP contribution in [0.5, 0.6) is 0 Å². The van der Waals surface area contributed by atoms with Crippen molar-refractivity contribution in [3.05, 3.63) is 64.3 Å². The summed E-state index contributed by atoms with van der Waals surface area (Å²) in [5, 5.41) is 14.2. The molecule has 0 saturated carbocycles. The van der Waals surface area contributed by atoms with E-state index in [9.17, 15) is 4.79 Å². The van der Waals surface area contributed by atoms with Gasteiger partial charge in [-0.15, -0.1) is 0 Å². The lowest BCUT2D eigenvalue weighted by Gasteiger charge is -2.13. The molecule has 0 amide bonds. The first kappa shape index (κ1) is 15.6. The summed E-state index contributed by atoms with van der Waals surface area (Å²) in [6.07, 6.45) is -0.150. The molecule has 2 N–H and O–H groups in total. The van der Waals surface area contributed by atoms with Crippen LogP contribution in [-0.4, -0.2) is 16.1 Å². The molecule has 0 aliphatic rings. The molecule has 1 heterocycles. The number of pyridine rings is 1. The van der Waals surface area contributed by atoms with E-state index in [-0.39, 0.29) is 6.42 Å². The quantitative estimate of drug-likeness (QED) is 0.704. The highest BCUT2D eigenvalue weighted by molar-refractivity contribution is 6.35. The van der Waals surface area contributed by atoms with Crippen LogP contribution in [0.2, 0.25) is 10.0 Å². The van der Waals surface area contributed by atoms with E-state index in [0.717, 1.165) is 11.1 Å². The van der Waals surface area contributed by atoms with Crippen LogP contribution in [0.4, 0.5) is 11.4 Å². The molecule has 1 aromatic heterocycles. The number of aromatic nitrogens is 1. The van der Waals surface area contributed by atoms with Crippen molar-refractivity contribution in [1.29, 1.82) is 0 Å². The number of hydrogen-bond donors (Lipinski definition) is 2. The van der Waals surface area contributed by atoms with Crippen molar-refractivity contribution < 1.29 is 9.90 Å². The van der Waals surface area contributed by atoms with Crippen molar-refractivity contribution in [1.82, 2.24) is 4.98 Å². The minimum Gasteiger partial charge on any atom is -0.481 e. The summed E-state index contributed by atoms with van der Waals surface area (Å²) in [7, 11) is 0. The summed E-state index contributed by atoms with van der Waals surface area (Å²) in [5.41, 5.74) is 2.57. The van der Waals surface area contributed by atoms with E-state index in [2.05, 4.69) is 10.3 Å². The Morgan fingerprint density at radius 3 is 2.65 bits per heavy atom. The number of carboxylic acids is 1. The molecule has 0 fully saturated rings. The number of halogens is 2. The molecule has 2 aromatic carbocycles. The van der Waals surface area contributed by atoms with Gasteiger partial charge in [0.1, 0.15) is 0 Å². The van der Waals surface area contributed by atoms with Gasteiger partial charge in [-0.2, -0.15) is 0 Å². The lowest BCUT2D eigenvalue weighted by Crippen LogP contribution is -2.04. The minimum atomic E-state index is -0.931. The zero-order valence-corrected chi connectivity index (χ0v) is 13.4. The Morgan fingerprint density at radius 1 is 1.09 bits per heavy atom. The normalized spacial score (nSPS) is 10.7. The number of anilines is 2. The molecular formula is C17H12Cl2N2O2. The first-order valence-corrected chi connectivity index (χ1v) is 7.61. The van der Waals surface area contributed by atoms with Crippen molar-refractivity contribution in [2.45, 2.75) is 6.42 Å². The lowest BCUT2D eigenvalue weighted by atomic mass is 10.1. The number of fused-ring (bicyclic) bond motifs is 1. The fourth-order valence-electron chi connectivity index (χ4n) is 2.32. The molecule has 0 aliphatic carbocycles. The molecule has 0 saturated heterocycles. The fraction of sp³-hybridized carbons (Fsp3) is 0.0588. The Bertz CT molecular complexity index is 897. The summed E-state index contributed by atoms with van der Waals surface area (Å²) in [5.74, 6) is -0.931. The first-order chi connectivity index (χ1) is 11.0. The predicted octanol–water partition coefficient (Wildman–Crippen LogP) is 4.91. The van der Waals surface area contributed by atoms with Crippen LogP contribution in [-0.2, 0) is 11.2 Å². The average Bonchev–Trinajstić information content (AvgIpc) is 2.50. The van der Waals surface area contributed by atoms with Crippen LogP contribution in [0.25, 0.3) is 10.9 Å². The van der Waals surface area contributed by atoms with E-state index in [1.807, 2.05) is 24.3 Å². The number of nitrogens with one attached hydrogen (secondary N) is 1. The molecule has 4 nitrogen and oxygen atoms in total. The molecule has 23 heavy (non-hydrogen) atoms. The van der Waals surface area contributed by atoms with Gasteiger partial charge in [0, 0.05) is 16.1 Å². The predicted molar refractivity (Wildman–Crippen MR) is 92.8 cm³/mol. The number of carbonyl (C=O) groups is 1. The second kappa shape index (κ2) is 6.44. The van der Waals surface area contributed by atoms with Crippen LogP contribution in [0.15, 0.2) is 48.5 Å². The molecule has 6 heteroatoms. The van der Waals surface area contributed by atoms with E-state index < -0.39 is 5.97 Å². The molecule has 0 radical (unpaired) electrons. The highest BCUT2D eigenvalue weighted by Crippen LogP contribution is 2.32. The fourth-order valence-corrected chi connectivity index (χ4v) is 2.65. The zero-order chi connectivity index (χ0) is 16.4. The van der Waals surface area contributed by atoms with E-state index >= 15 is 0 Å². The smallest absolute Gasteiger partial charge is 0.309 e. The standard InChI is InChI=1S/C17H12Cl2N2O2/c18-10-5-6-13(19)16(7-10)21-15-8-11(9-17(22)23)20-14-4-2-1-3-12(14)15/h1-8H,9H2,(H,20,21)(H,22,23). The third kappa shape index (κ3) is 3.55. The van der Waals surface area contributed by atoms with Gasteiger partial charge >= 0.3 is 5.97 Å². The maximum absolute atomic E-state index is 11.0. The van der Waals surface area contributed by atoms with Crippen LogP contribution >= 0.6 is 23.2 Å². The summed E-state index contributed by atoms with van der Waals surface area (Å²) < 4.78 is 0. The van der Waals surface area contributed by atoms with Gasteiger partial charge in [0.05, 0.1) is 28.3 Å². The number of hydrogen-bond acceptors (Lipinski definition) is 3. The molecule has 3 aromatic rings. The summed E-state index contributed by atoms with van der Waals surface area (Å²) in [4.78, 5) is 15.4.